The molecule has 2 aliphatic heterocycles. The topological polar surface area (TPSA) is 112 Å². The van der Waals surface area contributed by atoms with Crippen molar-refractivity contribution in [1.29, 1.82) is 0 Å². The third-order valence-electron chi connectivity index (χ3n) is 6.18. The van der Waals surface area contributed by atoms with Gasteiger partial charge in [0.15, 0.2) is 5.58 Å². The number of piperidine rings is 1. The van der Waals surface area contributed by atoms with Crippen LogP contribution in [0.4, 0.5) is 17.4 Å². The van der Waals surface area contributed by atoms with E-state index < -0.39 is 0 Å². The number of aromatic amines is 1. The minimum absolute atomic E-state index is 0.261. The van der Waals surface area contributed by atoms with Crippen molar-refractivity contribution in [2.75, 3.05) is 54.5 Å². The average Bonchev–Trinajstić information content (AvgIpc) is 3.65. The van der Waals surface area contributed by atoms with Gasteiger partial charge in [-0.15, -0.1) is 11.3 Å². The van der Waals surface area contributed by atoms with Crippen molar-refractivity contribution in [2.45, 2.75) is 19.3 Å². The van der Waals surface area contributed by atoms with E-state index >= 15 is 0 Å². The van der Waals surface area contributed by atoms with Crippen LogP contribution in [0.3, 0.4) is 0 Å². The van der Waals surface area contributed by atoms with E-state index in [1.54, 1.807) is 11.6 Å². The summed E-state index contributed by atoms with van der Waals surface area (Å²) in [7, 11) is 0. The molecule has 1 amide bonds. The summed E-state index contributed by atoms with van der Waals surface area (Å²) in [5.41, 5.74) is 4.18. The van der Waals surface area contributed by atoms with Crippen molar-refractivity contribution in [1.82, 2.24) is 20.2 Å². The Balaban J connectivity index is 1.32. The molecule has 11 heteroatoms. The predicted molar refractivity (Wildman–Crippen MR) is 131 cm³/mol. The Morgan fingerprint density at radius 2 is 1.91 bits per heavy atom. The molecule has 3 aromatic heterocycles. The number of thiazole rings is 1. The molecule has 2 fully saturated rings. The normalized spacial score (nSPS) is 16.8. The van der Waals surface area contributed by atoms with Gasteiger partial charge in [-0.05, 0) is 31.4 Å². The van der Waals surface area contributed by atoms with Crippen LogP contribution in [0.5, 0.6) is 0 Å². The van der Waals surface area contributed by atoms with E-state index in [1.807, 2.05) is 18.2 Å². The average molecular weight is 480 g/mol. The fourth-order valence-corrected chi connectivity index (χ4v) is 5.17. The van der Waals surface area contributed by atoms with Gasteiger partial charge in [0, 0.05) is 43.8 Å². The zero-order valence-electron chi connectivity index (χ0n) is 18.6. The van der Waals surface area contributed by atoms with Crippen molar-refractivity contribution >= 4 is 45.7 Å². The molecule has 4 aromatic rings. The molecule has 0 saturated carbocycles. The van der Waals surface area contributed by atoms with Crippen LogP contribution in [0, 0.1) is 0 Å². The summed E-state index contributed by atoms with van der Waals surface area (Å²) in [6, 6.07) is 6.34. The third kappa shape index (κ3) is 4.12. The maximum atomic E-state index is 13.1. The van der Waals surface area contributed by atoms with Crippen LogP contribution in [0.15, 0.2) is 34.2 Å². The fourth-order valence-electron chi connectivity index (χ4n) is 4.40. The lowest BCUT2D eigenvalue weighted by atomic mass is 10.1. The van der Waals surface area contributed by atoms with E-state index in [4.69, 9.17) is 14.1 Å². The van der Waals surface area contributed by atoms with Gasteiger partial charge in [-0.2, -0.15) is 10.1 Å². The highest BCUT2D eigenvalue weighted by molar-refractivity contribution is 7.13. The predicted octanol–water partition coefficient (Wildman–Crippen LogP) is 3.75. The fraction of sp³-hybridized carbons (Fsp3) is 0.391. The number of H-pyrrole nitrogens is 1. The highest BCUT2D eigenvalue weighted by Gasteiger charge is 2.23. The minimum Gasteiger partial charge on any atom is -0.423 e. The quantitative estimate of drug-likeness (QED) is 0.445. The number of rotatable bonds is 5. The van der Waals surface area contributed by atoms with Gasteiger partial charge in [0.25, 0.3) is 11.9 Å². The van der Waals surface area contributed by atoms with E-state index in [-0.39, 0.29) is 5.91 Å². The Morgan fingerprint density at radius 1 is 1.06 bits per heavy atom. The molecule has 2 N–H and O–H groups in total. The van der Waals surface area contributed by atoms with E-state index in [1.165, 1.54) is 17.8 Å². The lowest BCUT2D eigenvalue weighted by Crippen LogP contribution is -2.36. The number of amides is 1. The van der Waals surface area contributed by atoms with Gasteiger partial charge in [-0.1, -0.05) is 0 Å². The summed E-state index contributed by atoms with van der Waals surface area (Å²) in [6.07, 6.45) is 5.21. The Hall–Kier alpha value is -3.44. The van der Waals surface area contributed by atoms with Gasteiger partial charge in [-0.25, -0.2) is 4.98 Å². The van der Waals surface area contributed by atoms with Crippen molar-refractivity contribution < 1.29 is 13.9 Å². The Morgan fingerprint density at radius 3 is 2.71 bits per heavy atom. The number of fused-ring (bicyclic) bond motifs is 1. The van der Waals surface area contributed by atoms with Gasteiger partial charge in [0.05, 0.1) is 24.6 Å². The molecular formula is C23H25N7O3S. The Labute approximate surface area is 199 Å². The molecule has 2 aliphatic rings. The minimum atomic E-state index is -0.261. The van der Waals surface area contributed by atoms with Crippen LogP contribution >= 0.6 is 11.3 Å². The highest BCUT2D eigenvalue weighted by Crippen LogP contribution is 2.35. The number of morpholine rings is 1. The molecule has 2 saturated heterocycles. The number of ether oxygens (including phenoxy) is 1. The van der Waals surface area contributed by atoms with Crippen LogP contribution in [-0.4, -0.2) is 65.5 Å². The maximum absolute atomic E-state index is 13.1. The molecule has 1 aromatic carbocycles. The number of nitrogens with zero attached hydrogens (tertiary/aromatic N) is 5. The number of anilines is 3. The third-order valence-corrected chi connectivity index (χ3v) is 7.04. The first-order valence-corrected chi connectivity index (χ1v) is 12.4. The van der Waals surface area contributed by atoms with Gasteiger partial charge in [0.2, 0.25) is 0 Å². The molecule has 0 aliphatic carbocycles. The number of hydrogen-bond donors (Lipinski definition) is 2. The summed E-state index contributed by atoms with van der Waals surface area (Å²) in [6.45, 7) is 4.71. The lowest BCUT2D eigenvalue weighted by molar-refractivity contribution is 0.102. The number of carbonyl (C=O) groups is 1. The van der Waals surface area contributed by atoms with Crippen molar-refractivity contribution in [3.63, 3.8) is 0 Å². The molecule has 6 rings (SSSR count). The molecule has 34 heavy (non-hydrogen) atoms. The molecule has 0 unspecified atom stereocenters. The lowest BCUT2D eigenvalue weighted by Gasteiger charge is -2.30. The van der Waals surface area contributed by atoms with Gasteiger partial charge < -0.3 is 24.3 Å². The summed E-state index contributed by atoms with van der Waals surface area (Å²) in [4.78, 5) is 26.8. The number of carbonyl (C=O) groups excluding carboxylic acids is 1. The monoisotopic (exact) mass is 479 g/mol. The highest BCUT2D eigenvalue weighted by atomic mass is 32.1. The van der Waals surface area contributed by atoms with Gasteiger partial charge >= 0.3 is 0 Å². The van der Waals surface area contributed by atoms with E-state index in [9.17, 15) is 4.79 Å². The van der Waals surface area contributed by atoms with Crippen molar-refractivity contribution in [3.05, 3.63) is 35.5 Å². The smallest absolute Gasteiger partial charge is 0.298 e. The number of oxazole rings is 1. The molecular weight excluding hydrogens is 454 g/mol. The SMILES string of the molecule is O=C(Nc1cc2oc(N3CCOCC3)nc2cc1N1CCCCC1)c1csc(-c2cc[nH]n2)n1. The Bertz CT molecular complexity index is 1290. The summed E-state index contributed by atoms with van der Waals surface area (Å²) >= 11 is 1.39. The van der Waals surface area contributed by atoms with Gasteiger partial charge in [-0.3, -0.25) is 9.89 Å². The van der Waals surface area contributed by atoms with E-state index in [0.717, 1.165) is 55.9 Å². The first-order valence-electron chi connectivity index (χ1n) is 11.5. The zero-order valence-corrected chi connectivity index (χ0v) is 19.4. The van der Waals surface area contributed by atoms with E-state index in [2.05, 4.69) is 30.3 Å². The second-order valence-electron chi connectivity index (χ2n) is 8.43. The van der Waals surface area contributed by atoms with Crippen LogP contribution in [0.1, 0.15) is 29.8 Å². The Kier molecular flexibility index (Phi) is 5.63. The molecule has 10 nitrogen and oxygen atoms in total. The molecule has 5 heterocycles. The number of benzene rings is 1. The standard InChI is InChI=1S/C23H25N7O3S/c31-21(18-14-34-22(26-18)15-4-5-24-28-15)25-16-13-20-17(12-19(16)29-6-2-1-3-7-29)27-23(33-20)30-8-10-32-11-9-30/h4-5,12-14H,1-3,6-11H2,(H,24,28)(H,25,31). The van der Waals surface area contributed by atoms with Crippen molar-refractivity contribution in [3.8, 4) is 10.7 Å². The largest absolute Gasteiger partial charge is 0.423 e. The molecule has 0 spiro atoms. The first-order chi connectivity index (χ1) is 16.7. The number of aromatic nitrogens is 4. The molecule has 176 valence electrons. The maximum Gasteiger partial charge on any atom is 0.298 e. The van der Waals surface area contributed by atoms with Crippen LogP contribution in [-0.2, 0) is 4.74 Å². The number of nitrogens with one attached hydrogen (secondary N) is 2. The van der Waals surface area contributed by atoms with Crippen LogP contribution < -0.4 is 15.1 Å². The summed E-state index contributed by atoms with van der Waals surface area (Å²) in [5, 5.41) is 12.5. The first kappa shape index (κ1) is 21.1. The van der Waals surface area contributed by atoms with Crippen molar-refractivity contribution in [2.24, 2.45) is 0 Å². The molecule has 0 radical (unpaired) electrons. The summed E-state index contributed by atoms with van der Waals surface area (Å²) < 4.78 is 11.5. The van der Waals surface area contributed by atoms with E-state index in [0.29, 0.717) is 41.2 Å². The second kappa shape index (κ2) is 9.07. The molecule has 0 bridgehead atoms. The van der Waals surface area contributed by atoms with Crippen LogP contribution in [0.2, 0.25) is 0 Å². The molecule has 0 atom stereocenters. The van der Waals surface area contributed by atoms with Gasteiger partial charge in [0.1, 0.15) is 21.9 Å². The zero-order chi connectivity index (χ0) is 22.9. The number of hydrogen-bond acceptors (Lipinski definition) is 9. The van der Waals surface area contributed by atoms with Crippen LogP contribution in [0.25, 0.3) is 21.8 Å². The summed E-state index contributed by atoms with van der Waals surface area (Å²) in [5.74, 6) is -0.261. The second-order valence-corrected chi connectivity index (χ2v) is 9.29.